The number of hydrogen-bond donors (Lipinski definition) is 0. The third-order valence-electron chi connectivity index (χ3n) is 3.82. The van der Waals surface area contributed by atoms with Crippen LogP contribution in [0.25, 0.3) is 10.2 Å². The van der Waals surface area contributed by atoms with Crippen molar-refractivity contribution in [3.8, 4) is 0 Å². The van der Waals surface area contributed by atoms with Crippen LogP contribution in [0.4, 0.5) is 0 Å². The average molecular weight is 320 g/mol. The standard InChI is InChI=1S/C14H14ClN5S/c1-19-4-2-9(18-19)6-20-5-3-10-11(7-20)21-14-12(10)13(15)16-8-17-14/h2,4,8H,3,5-7H2,1H3. The van der Waals surface area contributed by atoms with Gasteiger partial charge in [0.2, 0.25) is 0 Å². The molecule has 0 unspecified atom stereocenters. The molecule has 0 saturated carbocycles. The first-order chi connectivity index (χ1) is 10.2. The molecule has 0 spiro atoms. The van der Waals surface area contributed by atoms with Crippen LogP contribution < -0.4 is 0 Å². The molecule has 1 aliphatic heterocycles. The van der Waals surface area contributed by atoms with Crippen molar-refractivity contribution in [3.05, 3.63) is 39.9 Å². The molecule has 3 aromatic rings. The summed E-state index contributed by atoms with van der Waals surface area (Å²) >= 11 is 7.96. The quantitative estimate of drug-likeness (QED) is 0.681. The summed E-state index contributed by atoms with van der Waals surface area (Å²) in [7, 11) is 1.95. The predicted octanol–water partition coefficient (Wildman–Crippen LogP) is 2.64. The van der Waals surface area contributed by atoms with Gasteiger partial charge in [-0.15, -0.1) is 11.3 Å². The van der Waals surface area contributed by atoms with Gasteiger partial charge in [-0.3, -0.25) is 9.58 Å². The molecule has 0 N–H and O–H groups in total. The lowest BCUT2D eigenvalue weighted by Crippen LogP contribution is -2.29. The smallest absolute Gasteiger partial charge is 0.141 e. The summed E-state index contributed by atoms with van der Waals surface area (Å²) < 4.78 is 1.85. The molecule has 0 aliphatic carbocycles. The highest BCUT2D eigenvalue weighted by Crippen LogP contribution is 2.37. The topological polar surface area (TPSA) is 46.8 Å². The lowest BCUT2D eigenvalue weighted by atomic mass is 10.1. The summed E-state index contributed by atoms with van der Waals surface area (Å²) in [6, 6.07) is 2.07. The molecule has 4 heterocycles. The van der Waals surface area contributed by atoms with Crippen molar-refractivity contribution in [3.63, 3.8) is 0 Å². The Morgan fingerprint density at radius 1 is 1.38 bits per heavy atom. The minimum Gasteiger partial charge on any atom is -0.292 e. The lowest BCUT2D eigenvalue weighted by Gasteiger charge is -2.25. The Bertz CT molecular complexity index is 809. The molecular formula is C14H14ClN5S. The summed E-state index contributed by atoms with van der Waals surface area (Å²) in [6.07, 6.45) is 4.52. The number of aryl methyl sites for hydroxylation is 1. The molecule has 4 rings (SSSR count). The van der Waals surface area contributed by atoms with Crippen LogP contribution in [0.15, 0.2) is 18.6 Å². The SMILES string of the molecule is Cn1ccc(CN2CCc3c(sc4ncnc(Cl)c34)C2)n1. The van der Waals surface area contributed by atoms with Crippen LogP contribution in [0.2, 0.25) is 5.15 Å². The zero-order chi connectivity index (χ0) is 14.4. The Balaban J connectivity index is 1.63. The van der Waals surface area contributed by atoms with Gasteiger partial charge in [0.25, 0.3) is 0 Å². The molecule has 5 nitrogen and oxygen atoms in total. The number of rotatable bonds is 2. The summed E-state index contributed by atoms with van der Waals surface area (Å²) in [4.78, 5) is 13.2. The number of nitrogens with zero attached hydrogens (tertiary/aromatic N) is 5. The first-order valence-corrected chi connectivity index (χ1v) is 8.02. The number of halogens is 1. The van der Waals surface area contributed by atoms with Gasteiger partial charge < -0.3 is 0 Å². The lowest BCUT2D eigenvalue weighted by molar-refractivity contribution is 0.246. The molecule has 3 aromatic heterocycles. The van der Waals surface area contributed by atoms with E-state index in [9.17, 15) is 0 Å². The Morgan fingerprint density at radius 3 is 3.10 bits per heavy atom. The largest absolute Gasteiger partial charge is 0.292 e. The van der Waals surface area contributed by atoms with Crippen LogP contribution in [0.1, 0.15) is 16.1 Å². The van der Waals surface area contributed by atoms with E-state index in [-0.39, 0.29) is 0 Å². The van der Waals surface area contributed by atoms with Crippen LogP contribution in [-0.2, 0) is 26.6 Å². The van der Waals surface area contributed by atoms with Gasteiger partial charge in [0.15, 0.2) is 0 Å². The van der Waals surface area contributed by atoms with Gasteiger partial charge in [0, 0.05) is 37.8 Å². The van der Waals surface area contributed by atoms with Crippen LogP contribution in [0.3, 0.4) is 0 Å². The van der Waals surface area contributed by atoms with Gasteiger partial charge in [0.05, 0.1) is 11.1 Å². The van der Waals surface area contributed by atoms with Crippen LogP contribution in [-0.4, -0.2) is 31.2 Å². The molecule has 1 aliphatic rings. The van der Waals surface area contributed by atoms with Crippen molar-refractivity contribution in [2.24, 2.45) is 7.05 Å². The second-order valence-corrected chi connectivity index (χ2v) is 6.73. The zero-order valence-corrected chi connectivity index (χ0v) is 13.2. The molecule has 0 fully saturated rings. The molecule has 0 saturated heterocycles. The number of thiophene rings is 1. The Morgan fingerprint density at radius 2 is 2.29 bits per heavy atom. The van der Waals surface area contributed by atoms with Crippen molar-refractivity contribution in [1.82, 2.24) is 24.6 Å². The van der Waals surface area contributed by atoms with Gasteiger partial charge in [-0.25, -0.2) is 9.97 Å². The molecule has 0 radical (unpaired) electrons. The summed E-state index contributed by atoms with van der Waals surface area (Å²) in [6.45, 7) is 2.83. The Kier molecular flexibility index (Phi) is 3.17. The van der Waals surface area contributed by atoms with Crippen LogP contribution in [0.5, 0.6) is 0 Å². The molecule has 7 heteroatoms. The summed E-state index contributed by atoms with van der Waals surface area (Å²) in [5.74, 6) is 0. The minimum absolute atomic E-state index is 0.579. The second kappa shape index (κ2) is 5.05. The van der Waals surface area contributed by atoms with Crippen molar-refractivity contribution in [2.75, 3.05) is 6.54 Å². The van der Waals surface area contributed by atoms with E-state index in [1.165, 1.54) is 16.8 Å². The van der Waals surface area contributed by atoms with Gasteiger partial charge in [0.1, 0.15) is 16.3 Å². The van der Waals surface area contributed by atoms with Gasteiger partial charge in [-0.2, -0.15) is 5.10 Å². The Hall–Kier alpha value is -1.50. The predicted molar refractivity (Wildman–Crippen MR) is 83.5 cm³/mol. The van der Waals surface area contributed by atoms with Gasteiger partial charge in [-0.05, 0) is 18.1 Å². The van der Waals surface area contributed by atoms with Crippen LogP contribution >= 0.6 is 22.9 Å². The van der Waals surface area contributed by atoms with E-state index in [1.807, 2.05) is 17.9 Å². The Labute approximate surface area is 131 Å². The van der Waals surface area contributed by atoms with E-state index in [2.05, 4.69) is 26.0 Å². The average Bonchev–Trinajstić information content (AvgIpc) is 3.02. The molecular weight excluding hydrogens is 306 g/mol. The highest BCUT2D eigenvalue weighted by Gasteiger charge is 2.23. The van der Waals surface area contributed by atoms with E-state index in [0.29, 0.717) is 5.15 Å². The number of hydrogen-bond acceptors (Lipinski definition) is 5. The molecule has 21 heavy (non-hydrogen) atoms. The maximum Gasteiger partial charge on any atom is 0.141 e. The van der Waals surface area contributed by atoms with Crippen LogP contribution in [0, 0.1) is 0 Å². The fraction of sp³-hybridized carbons (Fsp3) is 0.357. The molecule has 0 amide bonds. The first-order valence-electron chi connectivity index (χ1n) is 6.82. The summed E-state index contributed by atoms with van der Waals surface area (Å²) in [5, 5.41) is 6.08. The van der Waals surface area contributed by atoms with E-state index in [0.717, 1.165) is 42.0 Å². The van der Waals surface area contributed by atoms with E-state index in [4.69, 9.17) is 11.6 Å². The maximum absolute atomic E-state index is 6.23. The maximum atomic E-state index is 6.23. The van der Waals surface area contributed by atoms with Crippen molar-refractivity contribution < 1.29 is 0 Å². The highest BCUT2D eigenvalue weighted by molar-refractivity contribution is 7.19. The minimum atomic E-state index is 0.579. The van der Waals surface area contributed by atoms with E-state index in [1.54, 1.807) is 11.3 Å². The first kappa shape index (κ1) is 13.2. The van der Waals surface area contributed by atoms with Gasteiger partial charge in [-0.1, -0.05) is 11.6 Å². The molecule has 0 atom stereocenters. The fourth-order valence-electron chi connectivity index (χ4n) is 2.85. The van der Waals surface area contributed by atoms with Crippen molar-refractivity contribution in [2.45, 2.75) is 19.5 Å². The third kappa shape index (κ3) is 2.33. The number of aromatic nitrogens is 4. The van der Waals surface area contributed by atoms with E-state index < -0.39 is 0 Å². The van der Waals surface area contributed by atoms with Crippen molar-refractivity contribution >= 4 is 33.2 Å². The monoisotopic (exact) mass is 319 g/mol. The fourth-order valence-corrected chi connectivity index (χ4v) is 4.39. The summed E-state index contributed by atoms with van der Waals surface area (Å²) in [5.41, 5.74) is 2.44. The van der Waals surface area contributed by atoms with Crippen molar-refractivity contribution in [1.29, 1.82) is 0 Å². The normalized spacial score (nSPS) is 15.5. The zero-order valence-electron chi connectivity index (χ0n) is 11.6. The molecule has 108 valence electrons. The molecule has 0 bridgehead atoms. The van der Waals surface area contributed by atoms with Gasteiger partial charge >= 0.3 is 0 Å². The second-order valence-electron chi connectivity index (χ2n) is 5.29. The third-order valence-corrected chi connectivity index (χ3v) is 5.24. The van der Waals surface area contributed by atoms with E-state index >= 15 is 0 Å². The number of fused-ring (bicyclic) bond motifs is 3. The molecule has 0 aromatic carbocycles. The highest BCUT2D eigenvalue weighted by atomic mass is 35.5.